The Labute approximate surface area is 142 Å². The van der Waals surface area contributed by atoms with Crippen LogP contribution >= 0.6 is 15.9 Å². The fraction of sp³-hybridized carbons (Fsp3) is 0.235. The lowest BCUT2D eigenvalue weighted by Crippen LogP contribution is -2.31. The third-order valence-electron chi connectivity index (χ3n) is 3.47. The molecule has 3 rings (SSSR count). The lowest BCUT2D eigenvalue weighted by Gasteiger charge is -2.15. The lowest BCUT2D eigenvalue weighted by molar-refractivity contribution is -0.123. The Morgan fingerprint density at radius 3 is 2.87 bits per heavy atom. The Hall–Kier alpha value is -2.21. The highest BCUT2D eigenvalue weighted by Crippen LogP contribution is 2.34. The molecule has 0 radical (unpaired) electrons. The number of ether oxygens (including phenoxy) is 3. The number of halogens is 1. The molecule has 2 aromatic carbocycles. The van der Waals surface area contributed by atoms with E-state index in [4.69, 9.17) is 14.2 Å². The minimum atomic E-state index is -0.189. The Bertz CT molecular complexity index is 719. The number of benzene rings is 2. The van der Waals surface area contributed by atoms with E-state index < -0.39 is 0 Å². The van der Waals surface area contributed by atoms with Crippen molar-refractivity contribution in [3.05, 3.63) is 52.5 Å². The Morgan fingerprint density at radius 1 is 1.26 bits per heavy atom. The standard InChI is InChI=1S/C17H16BrNO4/c1-11(12-6-7-15-16(8-12)23-10-22-15)19-17(20)9-21-14-5-3-2-4-13(14)18/h2-8,11H,9-10H2,1H3,(H,19,20). The summed E-state index contributed by atoms with van der Waals surface area (Å²) in [6.45, 7) is 2.10. The van der Waals surface area contributed by atoms with Crippen molar-refractivity contribution >= 4 is 21.8 Å². The van der Waals surface area contributed by atoms with E-state index in [-0.39, 0.29) is 25.3 Å². The van der Waals surface area contributed by atoms with Crippen LogP contribution in [0.15, 0.2) is 46.9 Å². The van der Waals surface area contributed by atoms with Crippen LogP contribution in [0.1, 0.15) is 18.5 Å². The van der Waals surface area contributed by atoms with E-state index in [1.807, 2.05) is 43.3 Å². The molecule has 1 N–H and O–H groups in total. The number of carbonyl (C=O) groups excluding carboxylic acids is 1. The molecule has 0 saturated carbocycles. The molecule has 0 saturated heterocycles. The van der Waals surface area contributed by atoms with Crippen LogP contribution in [0, 0.1) is 0 Å². The molecule has 1 atom stereocenters. The van der Waals surface area contributed by atoms with Crippen molar-refractivity contribution in [1.29, 1.82) is 0 Å². The quantitative estimate of drug-likeness (QED) is 0.866. The number of carbonyl (C=O) groups is 1. The summed E-state index contributed by atoms with van der Waals surface area (Å²) in [7, 11) is 0. The van der Waals surface area contributed by atoms with E-state index in [0.29, 0.717) is 11.5 Å². The molecule has 0 aromatic heterocycles. The monoisotopic (exact) mass is 377 g/mol. The zero-order valence-electron chi connectivity index (χ0n) is 12.5. The summed E-state index contributed by atoms with van der Waals surface area (Å²) in [4.78, 5) is 12.0. The van der Waals surface area contributed by atoms with Gasteiger partial charge < -0.3 is 19.5 Å². The first-order valence-corrected chi connectivity index (χ1v) is 7.99. The zero-order chi connectivity index (χ0) is 16.2. The largest absolute Gasteiger partial charge is 0.483 e. The van der Waals surface area contributed by atoms with E-state index in [9.17, 15) is 4.79 Å². The maximum atomic E-state index is 12.0. The third-order valence-corrected chi connectivity index (χ3v) is 4.12. The van der Waals surface area contributed by atoms with Crippen LogP contribution in [0.3, 0.4) is 0 Å². The van der Waals surface area contributed by atoms with Crippen LogP contribution in [0.4, 0.5) is 0 Å². The van der Waals surface area contributed by atoms with Gasteiger partial charge in [0.25, 0.3) is 5.91 Å². The molecule has 1 heterocycles. The number of hydrogen-bond acceptors (Lipinski definition) is 4. The molecule has 0 aliphatic carbocycles. The van der Waals surface area contributed by atoms with Crippen LogP contribution in [0.5, 0.6) is 17.2 Å². The predicted molar refractivity (Wildman–Crippen MR) is 88.8 cm³/mol. The van der Waals surface area contributed by atoms with E-state index in [1.165, 1.54) is 0 Å². The van der Waals surface area contributed by atoms with Gasteiger partial charge in [0, 0.05) is 0 Å². The van der Waals surface area contributed by atoms with E-state index in [2.05, 4.69) is 21.2 Å². The fourth-order valence-electron chi connectivity index (χ4n) is 2.25. The third kappa shape index (κ3) is 3.76. The minimum Gasteiger partial charge on any atom is -0.483 e. The van der Waals surface area contributed by atoms with Crippen LogP contribution < -0.4 is 19.5 Å². The summed E-state index contributed by atoms with van der Waals surface area (Å²) in [5.74, 6) is 1.88. The van der Waals surface area contributed by atoms with Crippen molar-refractivity contribution in [2.75, 3.05) is 13.4 Å². The molecule has 5 nitrogen and oxygen atoms in total. The highest BCUT2D eigenvalue weighted by atomic mass is 79.9. The van der Waals surface area contributed by atoms with Crippen molar-refractivity contribution in [3.8, 4) is 17.2 Å². The Kier molecular flexibility index (Phi) is 4.71. The Balaban J connectivity index is 1.56. The number of rotatable bonds is 5. The first-order valence-electron chi connectivity index (χ1n) is 7.20. The summed E-state index contributed by atoms with van der Waals surface area (Å²) in [6, 6.07) is 12.9. The van der Waals surface area contributed by atoms with E-state index in [1.54, 1.807) is 6.07 Å². The maximum Gasteiger partial charge on any atom is 0.258 e. The molecule has 1 unspecified atom stereocenters. The van der Waals surface area contributed by atoms with E-state index in [0.717, 1.165) is 15.8 Å². The lowest BCUT2D eigenvalue weighted by atomic mass is 10.1. The van der Waals surface area contributed by atoms with Crippen LogP contribution in [0.25, 0.3) is 0 Å². The Morgan fingerprint density at radius 2 is 2.04 bits per heavy atom. The second kappa shape index (κ2) is 6.91. The summed E-state index contributed by atoms with van der Waals surface area (Å²) in [5.41, 5.74) is 0.948. The second-order valence-electron chi connectivity index (χ2n) is 5.12. The molecule has 2 aromatic rings. The molecule has 0 bridgehead atoms. The van der Waals surface area contributed by atoms with Gasteiger partial charge >= 0.3 is 0 Å². The predicted octanol–water partition coefficient (Wildman–Crippen LogP) is 3.43. The van der Waals surface area contributed by atoms with Crippen molar-refractivity contribution in [1.82, 2.24) is 5.32 Å². The summed E-state index contributed by atoms with van der Waals surface area (Å²) in [5, 5.41) is 2.90. The average molecular weight is 378 g/mol. The highest BCUT2D eigenvalue weighted by Gasteiger charge is 2.17. The minimum absolute atomic E-state index is 0.0441. The number of hydrogen-bond donors (Lipinski definition) is 1. The zero-order valence-corrected chi connectivity index (χ0v) is 14.1. The van der Waals surface area contributed by atoms with Crippen molar-refractivity contribution in [2.45, 2.75) is 13.0 Å². The van der Waals surface area contributed by atoms with Gasteiger partial charge in [-0.25, -0.2) is 0 Å². The van der Waals surface area contributed by atoms with Gasteiger partial charge in [-0.05, 0) is 52.7 Å². The van der Waals surface area contributed by atoms with Crippen molar-refractivity contribution in [3.63, 3.8) is 0 Å². The summed E-state index contributed by atoms with van der Waals surface area (Å²) >= 11 is 3.38. The van der Waals surface area contributed by atoms with E-state index >= 15 is 0 Å². The molecule has 1 amide bonds. The second-order valence-corrected chi connectivity index (χ2v) is 5.98. The van der Waals surface area contributed by atoms with Gasteiger partial charge in [-0.2, -0.15) is 0 Å². The first-order chi connectivity index (χ1) is 11.1. The molecule has 120 valence electrons. The van der Waals surface area contributed by atoms with Crippen LogP contribution in [-0.2, 0) is 4.79 Å². The number of amides is 1. The van der Waals surface area contributed by atoms with Crippen molar-refractivity contribution in [2.24, 2.45) is 0 Å². The molecule has 6 heteroatoms. The van der Waals surface area contributed by atoms with Crippen LogP contribution in [0.2, 0.25) is 0 Å². The molecular formula is C17H16BrNO4. The van der Waals surface area contributed by atoms with Gasteiger partial charge in [-0.1, -0.05) is 18.2 Å². The fourth-order valence-corrected chi connectivity index (χ4v) is 2.65. The molecule has 0 fully saturated rings. The number of nitrogens with one attached hydrogen (secondary N) is 1. The van der Waals surface area contributed by atoms with Crippen LogP contribution in [-0.4, -0.2) is 19.3 Å². The molecule has 23 heavy (non-hydrogen) atoms. The first kappa shape index (κ1) is 15.7. The SMILES string of the molecule is CC(NC(=O)COc1ccccc1Br)c1ccc2c(c1)OCO2. The molecule has 0 spiro atoms. The van der Waals surface area contributed by atoms with Gasteiger partial charge in [0.1, 0.15) is 5.75 Å². The average Bonchev–Trinajstić information content (AvgIpc) is 3.01. The topological polar surface area (TPSA) is 56.8 Å². The van der Waals surface area contributed by atoms with Gasteiger partial charge in [0.15, 0.2) is 18.1 Å². The van der Waals surface area contributed by atoms with Gasteiger partial charge in [-0.15, -0.1) is 0 Å². The maximum absolute atomic E-state index is 12.0. The van der Waals surface area contributed by atoms with Gasteiger partial charge in [-0.3, -0.25) is 4.79 Å². The smallest absolute Gasteiger partial charge is 0.258 e. The molecular weight excluding hydrogens is 362 g/mol. The molecule has 1 aliphatic rings. The molecule has 1 aliphatic heterocycles. The summed E-state index contributed by atoms with van der Waals surface area (Å²) in [6.07, 6.45) is 0. The van der Waals surface area contributed by atoms with Crippen molar-refractivity contribution < 1.29 is 19.0 Å². The highest BCUT2D eigenvalue weighted by molar-refractivity contribution is 9.10. The van der Waals surface area contributed by atoms with Gasteiger partial charge in [0.2, 0.25) is 6.79 Å². The number of fused-ring (bicyclic) bond motifs is 1. The normalized spacial score (nSPS) is 13.5. The summed E-state index contributed by atoms with van der Waals surface area (Å²) < 4.78 is 16.9. The van der Waals surface area contributed by atoms with Gasteiger partial charge in [0.05, 0.1) is 10.5 Å². The number of para-hydroxylation sites is 1.